The van der Waals surface area contributed by atoms with Crippen LogP contribution in [0.3, 0.4) is 0 Å². The molecule has 1 aliphatic rings. The van der Waals surface area contributed by atoms with Crippen molar-refractivity contribution in [2.24, 2.45) is 5.90 Å². The number of phenolic OH excluding ortho intramolecular Hbond substituents is 1. The molecule has 0 aliphatic heterocycles. The van der Waals surface area contributed by atoms with Crippen molar-refractivity contribution in [1.82, 2.24) is 0 Å². The van der Waals surface area contributed by atoms with Gasteiger partial charge in [0.2, 0.25) is 0 Å². The lowest BCUT2D eigenvalue weighted by atomic mass is 9.97. The lowest BCUT2D eigenvalue weighted by Crippen LogP contribution is -2.18. The Hall–Kier alpha value is -0.580. The summed E-state index contributed by atoms with van der Waals surface area (Å²) < 4.78 is 1.00. The summed E-state index contributed by atoms with van der Waals surface area (Å²) in [4.78, 5) is 4.72. The smallest absolute Gasteiger partial charge is 0.115 e. The molecule has 0 heterocycles. The van der Waals surface area contributed by atoms with E-state index in [1.54, 1.807) is 12.1 Å². The molecule has 0 aromatic heterocycles. The number of hydrogen-bond donors (Lipinski definition) is 2. The van der Waals surface area contributed by atoms with E-state index in [9.17, 15) is 5.11 Å². The minimum Gasteiger partial charge on any atom is -0.508 e. The average molecular weight is 258 g/mol. The van der Waals surface area contributed by atoms with Crippen molar-refractivity contribution in [3.8, 4) is 5.75 Å². The van der Waals surface area contributed by atoms with Crippen LogP contribution in [0.25, 0.3) is 0 Å². The minimum absolute atomic E-state index is 0.0202. The Balaban J connectivity index is 2.35. The second-order valence-corrected chi connectivity index (χ2v) is 4.61. The molecule has 0 saturated heterocycles. The standard InChI is InChI=1S/C10H12BrNO2/c11-9-2-1-7(13)5-8(9)10(3-4-10)6-14-12/h1-2,5,13H,3-4,6,12H2. The third-order valence-electron chi connectivity index (χ3n) is 2.73. The number of benzene rings is 1. The first-order valence-electron chi connectivity index (χ1n) is 4.49. The van der Waals surface area contributed by atoms with Gasteiger partial charge >= 0.3 is 0 Å². The summed E-state index contributed by atoms with van der Waals surface area (Å²) >= 11 is 3.47. The largest absolute Gasteiger partial charge is 0.508 e. The Labute approximate surface area is 91.0 Å². The van der Waals surface area contributed by atoms with Gasteiger partial charge in [-0.25, -0.2) is 5.90 Å². The maximum Gasteiger partial charge on any atom is 0.115 e. The molecule has 76 valence electrons. The van der Waals surface area contributed by atoms with Gasteiger partial charge in [0.05, 0.1) is 6.61 Å². The van der Waals surface area contributed by atoms with Crippen LogP contribution in [0.4, 0.5) is 0 Å². The van der Waals surface area contributed by atoms with Gasteiger partial charge in [0.25, 0.3) is 0 Å². The second-order valence-electron chi connectivity index (χ2n) is 3.76. The number of halogens is 1. The van der Waals surface area contributed by atoms with E-state index in [-0.39, 0.29) is 11.2 Å². The molecule has 4 heteroatoms. The molecule has 1 aromatic rings. The van der Waals surface area contributed by atoms with Crippen LogP contribution >= 0.6 is 15.9 Å². The molecule has 14 heavy (non-hydrogen) atoms. The SMILES string of the molecule is NOCC1(c2cc(O)ccc2Br)CC1. The molecule has 0 atom stereocenters. The van der Waals surface area contributed by atoms with Gasteiger partial charge in [0.15, 0.2) is 0 Å². The molecule has 0 radical (unpaired) electrons. The summed E-state index contributed by atoms with van der Waals surface area (Å²) in [6, 6.07) is 5.28. The van der Waals surface area contributed by atoms with Crippen LogP contribution in [-0.2, 0) is 10.3 Å². The fourth-order valence-electron chi connectivity index (χ4n) is 1.72. The highest BCUT2D eigenvalue weighted by Gasteiger charge is 2.45. The number of aromatic hydroxyl groups is 1. The Morgan fingerprint density at radius 1 is 1.50 bits per heavy atom. The summed E-state index contributed by atoms with van der Waals surface area (Å²) in [7, 11) is 0. The molecule has 1 saturated carbocycles. The molecule has 0 spiro atoms. The number of hydrogen-bond acceptors (Lipinski definition) is 3. The van der Waals surface area contributed by atoms with Crippen molar-refractivity contribution in [2.45, 2.75) is 18.3 Å². The molecule has 1 aromatic carbocycles. The van der Waals surface area contributed by atoms with Crippen LogP contribution in [-0.4, -0.2) is 11.7 Å². The molecule has 1 fully saturated rings. The van der Waals surface area contributed by atoms with Crippen molar-refractivity contribution >= 4 is 15.9 Å². The molecular weight excluding hydrogens is 246 g/mol. The predicted molar refractivity (Wildman–Crippen MR) is 56.9 cm³/mol. The first-order valence-corrected chi connectivity index (χ1v) is 5.28. The summed E-state index contributed by atoms with van der Waals surface area (Å²) in [6.07, 6.45) is 2.12. The van der Waals surface area contributed by atoms with Gasteiger partial charge in [-0.05, 0) is 36.6 Å². The van der Waals surface area contributed by atoms with E-state index in [0.717, 1.165) is 22.9 Å². The normalized spacial score (nSPS) is 18.1. The highest BCUT2D eigenvalue weighted by molar-refractivity contribution is 9.10. The first-order chi connectivity index (χ1) is 6.68. The monoisotopic (exact) mass is 257 g/mol. The van der Waals surface area contributed by atoms with Gasteiger partial charge in [-0.1, -0.05) is 15.9 Å². The van der Waals surface area contributed by atoms with Crippen LogP contribution in [0.2, 0.25) is 0 Å². The van der Waals surface area contributed by atoms with Crippen molar-refractivity contribution in [2.75, 3.05) is 6.61 Å². The van der Waals surface area contributed by atoms with Gasteiger partial charge in [-0.3, -0.25) is 0 Å². The maximum absolute atomic E-state index is 9.40. The summed E-state index contributed by atoms with van der Waals surface area (Å²) in [5, 5.41) is 9.40. The van der Waals surface area contributed by atoms with Crippen LogP contribution in [0.5, 0.6) is 5.75 Å². The zero-order valence-corrected chi connectivity index (χ0v) is 9.25. The molecule has 2 rings (SSSR count). The van der Waals surface area contributed by atoms with Gasteiger partial charge in [0.1, 0.15) is 5.75 Å². The molecule has 3 N–H and O–H groups in total. The first kappa shape index (κ1) is 9.96. The zero-order chi connectivity index (χ0) is 10.2. The highest BCUT2D eigenvalue weighted by atomic mass is 79.9. The number of rotatable bonds is 3. The third kappa shape index (κ3) is 1.65. The van der Waals surface area contributed by atoms with E-state index in [0.29, 0.717) is 6.61 Å². The van der Waals surface area contributed by atoms with Gasteiger partial charge in [-0.2, -0.15) is 0 Å². The molecule has 0 bridgehead atoms. The zero-order valence-electron chi connectivity index (χ0n) is 7.66. The predicted octanol–water partition coefficient (Wildman–Crippen LogP) is 2.08. The lowest BCUT2D eigenvalue weighted by molar-refractivity contribution is 0.116. The van der Waals surface area contributed by atoms with Crippen LogP contribution < -0.4 is 5.90 Å². The second kappa shape index (κ2) is 3.53. The van der Waals surface area contributed by atoms with E-state index < -0.39 is 0 Å². The van der Waals surface area contributed by atoms with Crippen molar-refractivity contribution < 1.29 is 9.94 Å². The van der Waals surface area contributed by atoms with Crippen LogP contribution in [0, 0.1) is 0 Å². The van der Waals surface area contributed by atoms with Crippen LogP contribution in [0.1, 0.15) is 18.4 Å². The Morgan fingerprint density at radius 2 is 2.21 bits per heavy atom. The minimum atomic E-state index is 0.0202. The van der Waals surface area contributed by atoms with Gasteiger partial charge < -0.3 is 9.94 Å². The summed E-state index contributed by atoms with van der Waals surface area (Å²) in [5.74, 6) is 5.39. The quantitative estimate of drug-likeness (QED) is 0.816. The summed E-state index contributed by atoms with van der Waals surface area (Å²) in [5.41, 5.74) is 1.11. The van der Waals surface area contributed by atoms with Gasteiger partial charge in [-0.15, -0.1) is 0 Å². The molecule has 0 unspecified atom stereocenters. The van der Waals surface area contributed by atoms with E-state index in [2.05, 4.69) is 15.9 Å². The molecule has 0 amide bonds. The maximum atomic E-state index is 9.40. The molecule has 1 aliphatic carbocycles. The fraction of sp³-hybridized carbons (Fsp3) is 0.400. The van der Waals surface area contributed by atoms with E-state index in [1.807, 2.05) is 6.07 Å². The Kier molecular flexibility index (Phi) is 2.51. The third-order valence-corrected chi connectivity index (χ3v) is 3.43. The molecule has 3 nitrogen and oxygen atoms in total. The highest BCUT2D eigenvalue weighted by Crippen LogP contribution is 2.51. The Morgan fingerprint density at radius 3 is 2.79 bits per heavy atom. The van der Waals surface area contributed by atoms with Crippen LogP contribution in [0.15, 0.2) is 22.7 Å². The van der Waals surface area contributed by atoms with Crippen molar-refractivity contribution in [3.63, 3.8) is 0 Å². The fourth-order valence-corrected chi connectivity index (χ4v) is 2.39. The molecular formula is C10H12BrNO2. The Bertz CT molecular complexity index is 350. The number of nitrogens with two attached hydrogens (primary N) is 1. The van der Waals surface area contributed by atoms with E-state index >= 15 is 0 Å². The summed E-state index contributed by atoms with van der Waals surface area (Å²) in [6.45, 7) is 0.509. The lowest BCUT2D eigenvalue weighted by Gasteiger charge is -2.15. The van der Waals surface area contributed by atoms with E-state index in [1.165, 1.54) is 0 Å². The average Bonchev–Trinajstić information content (AvgIpc) is 2.91. The number of phenols is 1. The van der Waals surface area contributed by atoms with Crippen molar-refractivity contribution in [1.29, 1.82) is 0 Å². The van der Waals surface area contributed by atoms with E-state index in [4.69, 9.17) is 10.7 Å². The van der Waals surface area contributed by atoms with Crippen molar-refractivity contribution in [3.05, 3.63) is 28.2 Å². The topological polar surface area (TPSA) is 55.5 Å². The van der Waals surface area contributed by atoms with Gasteiger partial charge in [0, 0.05) is 9.89 Å².